The average Bonchev–Trinajstić information content (AvgIpc) is 2.78. The van der Waals surface area contributed by atoms with Crippen molar-refractivity contribution in [1.29, 1.82) is 0 Å². The van der Waals surface area contributed by atoms with Gasteiger partial charge in [-0.2, -0.15) is 0 Å². The molecule has 0 radical (unpaired) electrons. The third-order valence-corrected chi connectivity index (χ3v) is 6.60. The summed E-state index contributed by atoms with van der Waals surface area (Å²) in [6.07, 6.45) is 6.07. The minimum atomic E-state index is -0.576. The van der Waals surface area contributed by atoms with Crippen LogP contribution in [0.4, 0.5) is 4.79 Å². The monoisotopic (exact) mass is 419 g/mol. The van der Waals surface area contributed by atoms with E-state index in [1.807, 2.05) is 32.0 Å². The highest BCUT2D eigenvalue weighted by atomic mass is 16.2. The number of fused-ring (bicyclic) bond motifs is 2. The van der Waals surface area contributed by atoms with Crippen molar-refractivity contribution in [2.75, 3.05) is 0 Å². The molecule has 0 aromatic heterocycles. The SMILES string of the molecule is CC(C)[C@@H](NC(=O)NC1CCCc2ccccc21)C(=O)NC1CCCc2ccccc21. The first kappa shape index (κ1) is 21.4. The molecule has 0 fully saturated rings. The predicted molar refractivity (Wildman–Crippen MR) is 123 cm³/mol. The van der Waals surface area contributed by atoms with Gasteiger partial charge in [0.25, 0.3) is 0 Å². The van der Waals surface area contributed by atoms with E-state index in [0.29, 0.717) is 0 Å². The molecule has 0 saturated heterocycles. The van der Waals surface area contributed by atoms with Gasteiger partial charge in [-0.1, -0.05) is 62.4 Å². The number of amides is 3. The maximum atomic E-state index is 13.1. The quantitative estimate of drug-likeness (QED) is 0.664. The van der Waals surface area contributed by atoms with Crippen molar-refractivity contribution in [2.45, 2.75) is 70.5 Å². The Hall–Kier alpha value is -2.82. The fourth-order valence-electron chi connectivity index (χ4n) is 4.95. The second kappa shape index (κ2) is 9.54. The Labute approximate surface area is 185 Å². The second-order valence-corrected chi connectivity index (χ2v) is 9.14. The lowest BCUT2D eigenvalue weighted by Gasteiger charge is -2.30. The number of carbonyl (C=O) groups excluding carboxylic acids is 2. The zero-order valence-electron chi connectivity index (χ0n) is 18.5. The Morgan fingerprint density at radius 3 is 1.87 bits per heavy atom. The highest BCUT2D eigenvalue weighted by molar-refractivity contribution is 5.87. The molecule has 0 spiro atoms. The van der Waals surface area contributed by atoms with E-state index in [2.05, 4.69) is 46.3 Å². The molecule has 2 unspecified atom stereocenters. The summed E-state index contributed by atoms with van der Waals surface area (Å²) in [4.78, 5) is 26.0. The first-order valence-electron chi connectivity index (χ1n) is 11.6. The standard InChI is InChI=1S/C26H33N3O2/c1-17(2)24(25(30)27-22-15-7-11-18-9-3-5-13-20(18)22)29-26(31)28-23-16-8-12-19-10-4-6-14-21(19)23/h3-6,9-10,13-14,17,22-24H,7-8,11-12,15-16H2,1-2H3,(H,27,30)(H2,28,29,31)/t22?,23?,24-/m1/s1. The van der Waals surface area contributed by atoms with Crippen molar-refractivity contribution >= 4 is 11.9 Å². The highest BCUT2D eigenvalue weighted by Gasteiger charge is 2.29. The molecule has 0 saturated carbocycles. The van der Waals surface area contributed by atoms with Crippen molar-refractivity contribution in [2.24, 2.45) is 5.92 Å². The van der Waals surface area contributed by atoms with Crippen LogP contribution < -0.4 is 16.0 Å². The molecular formula is C26H33N3O2. The average molecular weight is 420 g/mol. The summed E-state index contributed by atoms with van der Waals surface area (Å²) in [5, 5.41) is 9.25. The van der Waals surface area contributed by atoms with Gasteiger partial charge in [0.1, 0.15) is 6.04 Å². The van der Waals surface area contributed by atoms with Gasteiger partial charge in [0.15, 0.2) is 0 Å². The fraction of sp³-hybridized carbons (Fsp3) is 0.462. The van der Waals surface area contributed by atoms with Gasteiger partial charge >= 0.3 is 6.03 Å². The number of aryl methyl sites for hydroxylation is 2. The maximum Gasteiger partial charge on any atom is 0.315 e. The van der Waals surface area contributed by atoms with Crippen LogP contribution in [0.2, 0.25) is 0 Å². The number of hydrogen-bond acceptors (Lipinski definition) is 2. The molecule has 0 bridgehead atoms. The summed E-state index contributed by atoms with van der Waals surface area (Å²) in [7, 11) is 0. The maximum absolute atomic E-state index is 13.1. The largest absolute Gasteiger partial charge is 0.347 e. The predicted octanol–water partition coefficient (Wildman–Crippen LogP) is 4.58. The van der Waals surface area contributed by atoms with Gasteiger partial charge in [-0.3, -0.25) is 4.79 Å². The Morgan fingerprint density at radius 1 is 0.806 bits per heavy atom. The van der Waals surface area contributed by atoms with Crippen LogP contribution in [-0.2, 0) is 17.6 Å². The zero-order chi connectivity index (χ0) is 21.8. The van der Waals surface area contributed by atoms with Gasteiger partial charge < -0.3 is 16.0 Å². The number of benzene rings is 2. The molecule has 0 heterocycles. The molecule has 3 N–H and O–H groups in total. The lowest BCUT2D eigenvalue weighted by atomic mass is 9.87. The second-order valence-electron chi connectivity index (χ2n) is 9.14. The van der Waals surface area contributed by atoms with Crippen LogP contribution in [0.15, 0.2) is 48.5 Å². The Balaban J connectivity index is 1.40. The lowest BCUT2D eigenvalue weighted by molar-refractivity contribution is -0.124. The number of urea groups is 1. The van der Waals surface area contributed by atoms with Crippen LogP contribution in [0, 0.1) is 5.92 Å². The topological polar surface area (TPSA) is 70.2 Å². The number of nitrogens with one attached hydrogen (secondary N) is 3. The summed E-state index contributed by atoms with van der Waals surface area (Å²) in [5.41, 5.74) is 5.00. The first-order chi connectivity index (χ1) is 15.0. The van der Waals surface area contributed by atoms with E-state index in [1.165, 1.54) is 22.3 Å². The van der Waals surface area contributed by atoms with Crippen molar-refractivity contribution in [3.8, 4) is 0 Å². The van der Waals surface area contributed by atoms with Crippen molar-refractivity contribution < 1.29 is 9.59 Å². The molecule has 3 atom stereocenters. The summed E-state index contributed by atoms with van der Waals surface area (Å²) in [5.74, 6) is -0.126. The van der Waals surface area contributed by atoms with Crippen LogP contribution in [0.3, 0.4) is 0 Å². The van der Waals surface area contributed by atoms with E-state index in [4.69, 9.17) is 0 Å². The normalized spacial score (nSPS) is 20.9. The third kappa shape index (κ3) is 4.92. The van der Waals surface area contributed by atoms with E-state index in [9.17, 15) is 9.59 Å². The van der Waals surface area contributed by atoms with Gasteiger partial charge in [0.05, 0.1) is 12.1 Å². The van der Waals surface area contributed by atoms with Crippen LogP contribution in [-0.4, -0.2) is 18.0 Å². The number of carbonyl (C=O) groups is 2. The van der Waals surface area contributed by atoms with Gasteiger partial charge in [-0.25, -0.2) is 4.79 Å². The zero-order valence-corrected chi connectivity index (χ0v) is 18.5. The molecule has 4 rings (SSSR count). The van der Waals surface area contributed by atoms with Crippen molar-refractivity contribution in [3.63, 3.8) is 0 Å². The van der Waals surface area contributed by atoms with Crippen LogP contribution in [0.25, 0.3) is 0 Å². The van der Waals surface area contributed by atoms with Gasteiger partial charge in [-0.15, -0.1) is 0 Å². The number of hydrogen-bond donors (Lipinski definition) is 3. The fourth-order valence-corrected chi connectivity index (χ4v) is 4.95. The van der Waals surface area contributed by atoms with E-state index >= 15 is 0 Å². The van der Waals surface area contributed by atoms with E-state index in [0.717, 1.165) is 38.5 Å². The van der Waals surface area contributed by atoms with Crippen LogP contribution >= 0.6 is 0 Å². The van der Waals surface area contributed by atoms with E-state index in [-0.39, 0.29) is 29.9 Å². The third-order valence-electron chi connectivity index (χ3n) is 6.60. The first-order valence-corrected chi connectivity index (χ1v) is 11.6. The van der Waals surface area contributed by atoms with Crippen molar-refractivity contribution in [1.82, 2.24) is 16.0 Å². The molecule has 5 nitrogen and oxygen atoms in total. The molecule has 2 aliphatic carbocycles. The molecule has 2 aliphatic rings. The molecule has 164 valence electrons. The van der Waals surface area contributed by atoms with Gasteiger partial charge in [0, 0.05) is 0 Å². The smallest absolute Gasteiger partial charge is 0.315 e. The summed E-state index contributed by atoms with van der Waals surface area (Å²) >= 11 is 0. The molecular weight excluding hydrogens is 386 g/mol. The van der Waals surface area contributed by atoms with E-state index < -0.39 is 6.04 Å². The molecule has 31 heavy (non-hydrogen) atoms. The Kier molecular flexibility index (Phi) is 6.59. The van der Waals surface area contributed by atoms with Crippen molar-refractivity contribution in [3.05, 3.63) is 70.8 Å². The minimum Gasteiger partial charge on any atom is -0.347 e. The van der Waals surface area contributed by atoms with Gasteiger partial charge in [0.2, 0.25) is 5.91 Å². The van der Waals surface area contributed by atoms with Crippen LogP contribution in [0.1, 0.15) is 73.9 Å². The van der Waals surface area contributed by atoms with Crippen LogP contribution in [0.5, 0.6) is 0 Å². The molecule has 0 aliphatic heterocycles. The lowest BCUT2D eigenvalue weighted by Crippen LogP contribution is -2.53. The van der Waals surface area contributed by atoms with Gasteiger partial charge in [-0.05, 0) is 66.7 Å². The highest BCUT2D eigenvalue weighted by Crippen LogP contribution is 2.30. The van der Waals surface area contributed by atoms with E-state index in [1.54, 1.807) is 0 Å². The minimum absolute atomic E-state index is 0.00813. The summed E-state index contributed by atoms with van der Waals surface area (Å²) in [6.45, 7) is 3.94. The summed E-state index contributed by atoms with van der Waals surface area (Å²) in [6, 6.07) is 15.7. The molecule has 2 aromatic rings. The number of rotatable bonds is 5. The molecule has 2 aromatic carbocycles. The Morgan fingerprint density at radius 2 is 1.32 bits per heavy atom. The molecule has 5 heteroatoms. The Bertz CT molecular complexity index is 940. The molecule has 3 amide bonds. The summed E-state index contributed by atoms with van der Waals surface area (Å²) < 4.78 is 0.